The molecule has 2 aliphatic carbocycles. The number of H-pyrrole nitrogens is 1. The molecule has 6 heteroatoms. The third-order valence-electron chi connectivity index (χ3n) is 7.36. The molecule has 1 aromatic heterocycles. The van der Waals surface area contributed by atoms with Crippen molar-refractivity contribution in [3.63, 3.8) is 0 Å². The zero-order chi connectivity index (χ0) is 19.8. The number of aromatic nitrogens is 1. The van der Waals surface area contributed by atoms with Crippen LogP contribution in [0.4, 0.5) is 0 Å². The minimum absolute atomic E-state index is 0.0563. The molecule has 1 aliphatic heterocycles. The van der Waals surface area contributed by atoms with Crippen LogP contribution in [-0.2, 0) is 24.7 Å². The summed E-state index contributed by atoms with van der Waals surface area (Å²) < 4.78 is 0. The summed E-state index contributed by atoms with van der Waals surface area (Å²) in [5.41, 5.74) is 1.94. The molecule has 0 spiro atoms. The van der Waals surface area contributed by atoms with E-state index >= 15 is 0 Å². The summed E-state index contributed by atoms with van der Waals surface area (Å²) in [4.78, 5) is 29.4. The van der Waals surface area contributed by atoms with Gasteiger partial charge in [0.25, 0.3) is 5.56 Å². The summed E-state index contributed by atoms with van der Waals surface area (Å²) in [5.74, 6) is -0.0772. The molecule has 1 saturated heterocycles. The Morgan fingerprint density at radius 3 is 2.79 bits per heavy atom. The number of rotatable bonds is 1. The van der Waals surface area contributed by atoms with Crippen LogP contribution in [0.2, 0.25) is 0 Å². The number of pyridine rings is 1. The molecule has 0 radical (unpaired) electrons. The van der Waals surface area contributed by atoms with Gasteiger partial charge in [0, 0.05) is 30.0 Å². The molecule has 28 heavy (non-hydrogen) atoms. The zero-order valence-electron chi connectivity index (χ0n) is 16.1. The van der Waals surface area contributed by atoms with Crippen LogP contribution in [0, 0.1) is 0 Å². The Morgan fingerprint density at radius 1 is 1.25 bits per heavy atom. The Bertz CT molecular complexity index is 1070. The van der Waals surface area contributed by atoms with Gasteiger partial charge in [0.15, 0.2) is 5.78 Å². The maximum absolute atomic E-state index is 12.4. The number of aromatic amines is 1. The van der Waals surface area contributed by atoms with E-state index in [1.165, 1.54) is 6.92 Å². The van der Waals surface area contributed by atoms with Crippen molar-refractivity contribution < 1.29 is 15.0 Å². The Balaban J connectivity index is 1.77. The average molecular weight is 380 g/mol. The minimum Gasteiger partial charge on any atom is -0.508 e. The predicted molar refractivity (Wildman–Crippen MR) is 104 cm³/mol. The monoisotopic (exact) mass is 380 g/mol. The lowest BCUT2D eigenvalue weighted by atomic mass is 9.49. The number of likely N-dealkylation sites (tertiary alicyclic amines) is 1. The van der Waals surface area contributed by atoms with Crippen molar-refractivity contribution >= 4 is 5.78 Å². The maximum Gasteiger partial charge on any atom is 0.259 e. The number of benzene rings is 1. The van der Waals surface area contributed by atoms with Gasteiger partial charge in [-0.15, -0.1) is 0 Å². The number of hydrogen-bond donors (Lipinski definition) is 3. The zero-order valence-corrected chi connectivity index (χ0v) is 16.1. The molecule has 1 aromatic carbocycles. The second-order valence-electron chi connectivity index (χ2n) is 8.72. The summed E-state index contributed by atoms with van der Waals surface area (Å²) in [6.45, 7) is 2.23. The van der Waals surface area contributed by atoms with Crippen molar-refractivity contribution in [2.24, 2.45) is 0 Å². The lowest BCUT2D eigenvalue weighted by molar-refractivity contribution is -0.145. The highest BCUT2D eigenvalue weighted by Gasteiger charge is 2.64. The number of piperidine rings is 1. The van der Waals surface area contributed by atoms with E-state index in [1.807, 2.05) is 13.1 Å². The van der Waals surface area contributed by atoms with Crippen LogP contribution in [-0.4, -0.2) is 51.1 Å². The normalized spacial score (nSPS) is 30.9. The van der Waals surface area contributed by atoms with Crippen LogP contribution in [0.25, 0.3) is 0 Å². The van der Waals surface area contributed by atoms with Crippen LogP contribution in [0.15, 0.2) is 29.1 Å². The van der Waals surface area contributed by atoms with E-state index in [4.69, 9.17) is 0 Å². The number of fused-ring (bicyclic) bond motifs is 2. The summed E-state index contributed by atoms with van der Waals surface area (Å²) >= 11 is 0. The highest BCUT2D eigenvalue weighted by Crippen LogP contribution is 2.56. The SMILES string of the molecule is CC(=O)c1cc2c([nH]c1=O)C[C@]13CCN(C)[C@H](Cc4ccc(O)cc41)[C@]3(O)C2. The first-order valence-electron chi connectivity index (χ1n) is 9.76. The average Bonchev–Trinajstić information content (AvgIpc) is 2.63. The number of aliphatic hydroxyl groups is 1. The number of nitrogens with zero attached hydrogens (tertiary/aromatic N) is 1. The number of ketones is 1. The predicted octanol–water partition coefficient (Wildman–Crippen LogP) is 1.31. The van der Waals surface area contributed by atoms with E-state index in [2.05, 4.69) is 9.88 Å². The molecule has 2 heterocycles. The van der Waals surface area contributed by atoms with Gasteiger partial charge in [0.2, 0.25) is 0 Å². The molecule has 3 N–H and O–H groups in total. The van der Waals surface area contributed by atoms with E-state index < -0.39 is 11.0 Å². The van der Waals surface area contributed by atoms with Gasteiger partial charge in [-0.2, -0.15) is 0 Å². The lowest BCUT2D eigenvalue weighted by Crippen LogP contribution is -2.73. The molecule has 0 saturated carbocycles. The van der Waals surface area contributed by atoms with Crippen molar-refractivity contribution in [1.29, 1.82) is 0 Å². The Morgan fingerprint density at radius 2 is 2.04 bits per heavy atom. The number of Topliss-reactive ketones (excluding diaryl/α,β-unsaturated/α-hetero) is 1. The fourth-order valence-corrected chi connectivity index (χ4v) is 5.92. The summed E-state index contributed by atoms with van der Waals surface area (Å²) in [6, 6.07) is 7.05. The Labute approximate surface area is 162 Å². The molecule has 2 bridgehead atoms. The van der Waals surface area contributed by atoms with Crippen LogP contribution in [0.5, 0.6) is 5.75 Å². The molecular formula is C22H24N2O4. The lowest BCUT2D eigenvalue weighted by Gasteiger charge is -2.63. The molecule has 1 fully saturated rings. The smallest absolute Gasteiger partial charge is 0.259 e. The van der Waals surface area contributed by atoms with Gasteiger partial charge in [-0.1, -0.05) is 6.07 Å². The second kappa shape index (κ2) is 5.55. The highest BCUT2D eigenvalue weighted by atomic mass is 16.3. The summed E-state index contributed by atoms with van der Waals surface area (Å²) in [7, 11) is 2.04. The minimum atomic E-state index is -1.03. The number of nitrogens with one attached hydrogen (secondary N) is 1. The van der Waals surface area contributed by atoms with Crippen molar-refractivity contribution in [3.05, 3.63) is 62.6 Å². The van der Waals surface area contributed by atoms with E-state index in [1.54, 1.807) is 18.2 Å². The van der Waals surface area contributed by atoms with Crippen molar-refractivity contribution in [1.82, 2.24) is 9.88 Å². The first-order valence-corrected chi connectivity index (χ1v) is 9.76. The number of phenols is 1. The standard InChI is InChI=1S/C22H24N2O4/c1-12(25)16-7-14-10-22(28)19-8-13-3-4-15(26)9-17(13)21(22,5-6-24(19)2)11-18(14)23-20(16)27/h3-4,7,9,19,26,28H,5-6,8,10-11H2,1-2H3,(H,23,27)/t19-,21-,22-/m1/s1. The largest absolute Gasteiger partial charge is 0.508 e. The Hall–Kier alpha value is -2.44. The van der Waals surface area contributed by atoms with Crippen molar-refractivity contribution in [2.45, 2.75) is 49.7 Å². The van der Waals surface area contributed by atoms with Gasteiger partial charge < -0.3 is 20.1 Å². The first kappa shape index (κ1) is 17.6. The van der Waals surface area contributed by atoms with E-state index in [0.717, 1.165) is 35.3 Å². The molecule has 0 unspecified atom stereocenters. The number of carbonyl (C=O) groups is 1. The van der Waals surface area contributed by atoms with E-state index in [-0.39, 0.29) is 28.7 Å². The summed E-state index contributed by atoms with van der Waals surface area (Å²) in [5, 5.41) is 22.3. The quantitative estimate of drug-likeness (QED) is 0.649. The van der Waals surface area contributed by atoms with Crippen LogP contribution >= 0.6 is 0 Å². The third kappa shape index (κ3) is 2.10. The maximum atomic E-state index is 12.4. The van der Waals surface area contributed by atoms with Crippen LogP contribution in [0.3, 0.4) is 0 Å². The van der Waals surface area contributed by atoms with Gasteiger partial charge in [-0.05, 0) is 68.2 Å². The van der Waals surface area contributed by atoms with Gasteiger partial charge in [0.05, 0.1) is 11.2 Å². The van der Waals surface area contributed by atoms with Crippen LogP contribution < -0.4 is 5.56 Å². The number of aromatic hydroxyl groups is 1. The molecule has 3 aliphatic rings. The molecule has 0 amide bonds. The topological polar surface area (TPSA) is 93.6 Å². The molecule has 2 aromatic rings. The van der Waals surface area contributed by atoms with Crippen molar-refractivity contribution in [2.75, 3.05) is 13.6 Å². The van der Waals surface area contributed by atoms with Gasteiger partial charge in [0.1, 0.15) is 5.75 Å². The van der Waals surface area contributed by atoms with Gasteiger partial charge in [-0.3, -0.25) is 9.59 Å². The molecule has 5 rings (SSSR count). The van der Waals surface area contributed by atoms with E-state index in [9.17, 15) is 19.8 Å². The highest BCUT2D eigenvalue weighted by molar-refractivity contribution is 5.93. The number of hydrogen-bond acceptors (Lipinski definition) is 5. The first-order chi connectivity index (χ1) is 13.2. The summed E-state index contributed by atoms with van der Waals surface area (Å²) in [6.07, 6.45) is 2.32. The van der Waals surface area contributed by atoms with Crippen LogP contribution in [0.1, 0.15) is 46.1 Å². The fourth-order valence-electron chi connectivity index (χ4n) is 5.92. The van der Waals surface area contributed by atoms with E-state index in [0.29, 0.717) is 19.3 Å². The number of carbonyl (C=O) groups excluding carboxylic acids is 1. The van der Waals surface area contributed by atoms with Gasteiger partial charge in [-0.25, -0.2) is 0 Å². The fraction of sp³-hybridized carbons (Fsp3) is 0.455. The third-order valence-corrected chi connectivity index (χ3v) is 7.36. The molecule has 6 nitrogen and oxygen atoms in total. The molecule has 3 atom stereocenters. The molecular weight excluding hydrogens is 356 g/mol. The van der Waals surface area contributed by atoms with Crippen molar-refractivity contribution in [3.8, 4) is 5.75 Å². The van der Waals surface area contributed by atoms with Gasteiger partial charge >= 0.3 is 0 Å². The second-order valence-corrected chi connectivity index (χ2v) is 8.72. The Kier molecular flexibility index (Phi) is 3.50. The number of phenolic OH excluding ortho intramolecular Hbond substituents is 1. The number of likely N-dealkylation sites (N-methyl/N-ethyl adjacent to an activating group) is 1. The molecule has 146 valence electrons.